The number of nitrogens with two attached hydrogens (primary N) is 1. The maximum absolute atomic E-state index is 6.45. The Bertz CT molecular complexity index is 385. The van der Waals surface area contributed by atoms with Gasteiger partial charge in [0.25, 0.3) is 0 Å². The number of hydrogen-bond acceptors (Lipinski definition) is 3. The van der Waals surface area contributed by atoms with E-state index in [0.29, 0.717) is 12.0 Å². The smallest absolute Gasteiger partial charge is 0.0538 e. The fourth-order valence-electron chi connectivity index (χ4n) is 3.10. The monoisotopic (exact) mass is 264 g/mol. The highest BCUT2D eigenvalue weighted by Crippen LogP contribution is 2.29. The zero-order valence-electron chi connectivity index (χ0n) is 12.5. The van der Waals surface area contributed by atoms with Crippen LogP contribution in [0.1, 0.15) is 51.6 Å². The van der Waals surface area contributed by atoms with Gasteiger partial charge in [0.15, 0.2) is 0 Å². The molecule has 2 heterocycles. The lowest BCUT2D eigenvalue weighted by atomic mass is 9.98. The number of rotatable bonds is 4. The first-order valence-corrected chi connectivity index (χ1v) is 7.63. The molecule has 0 amide bonds. The fourth-order valence-corrected chi connectivity index (χ4v) is 3.10. The minimum absolute atomic E-state index is 0.232. The molecule has 0 radical (unpaired) electrons. The Kier molecular flexibility index (Phi) is 4.99. The van der Waals surface area contributed by atoms with Crippen LogP contribution in [0.4, 0.5) is 0 Å². The molecule has 2 N–H and O–H groups in total. The van der Waals surface area contributed by atoms with Gasteiger partial charge in [-0.2, -0.15) is 5.10 Å². The predicted molar refractivity (Wildman–Crippen MR) is 78.9 cm³/mol. The van der Waals surface area contributed by atoms with Crippen molar-refractivity contribution >= 4 is 0 Å². The molecule has 0 spiro atoms. The van der Waals surface area contributed by atoms with Gasteiger partial charge in [-0.3, -0.25) is 9.58 Å². The summed E-state index contributed by atoms with van der Waals surface area (Å²) in [6.45, 7) is 9.89. The van der Waals surface area contributed by atoms with Gasteiger partial charge in [-0.15, -0.1) is 0 Å². The van der Waals surface area contributed by atoms with Crippen LogP contribution < -0.4 is 5.73 Å². The third-order valence-corrected chi connectivity index (χ3v) is 3.95. The van der Waals surface area contributed by atoms with Gasteiger partial charge in [0.2, 0.25) is 0 Å². The molecule has 0 saturated carbocycles. The van der Waals surface area contributed by atoms with E-state index in [0.717, 1.165) is 26.1 Å². The Morgan fingerprint density at radius 1 is 1.42 bits per heavy atom. The lowest BCUT2D eigenvalue weighted by molar-refractivity contribution is 0.165. The Balaban J connectivity index is 2.22. The van der Waals surface area contributed by atoms with E-state index in [1.165, 1.54) is 18.4 Å². The summed E-state index contributed by atoms with van der Waals surface area (Å²) >= 11 is 0. The van der Waals surface area contributed by atoms with Crippen LogP contribution in [0.5, 0.6) is 0 Å². The first-order valence-electron chi connectivity index (χ1n) is 7.63. The van der Waals surface area contributed by atoms with Crippen LogP contribution in [-0.2, 0) is 6.54 Å². The highest BCUT2D eigenvalue weighted by Gasteiger charge is 2.29. The first-order chi connectivity index (χ1) is 9.11. The van der Waals surface area contributed by atoms with Crippen LogP contribution in [0.15, 0.2) is 12.4 Å². The van der Waals surface area contributed by atoms with E-state index in [1.54, 1.807) is 0 Å². The highest BCUT2D eigenvalue weighted by molar-refractivity contribution is 5.14. The van der Waals surface area contributed by atoms with E-state index < -0.39 is 0 Å². The zero-order valence-corrected chi connectivity index (χ0v) is 12.5. The van der Waals surface area contributed by atoms with Crippen LogP contribution >= 0.6 is 0 Å². The molecule has 0 aliphatic carbocycles. The molecule has 4 heteroatoms. The van der Waals surface area contributed by atoms with Gasteiger partial charge < -0.3 is 5.73 Å². The molecule has 1 aromatic heterocycles. The molecule has 0 aromatic carbocycles. The maximum atomic E-state index is 6.45. The molecule has 2 unspecified atom stereocenters. The van der Waals surface area contributed by atoms with Crippen molar-refractivity contribution in [3.8, 4) is 0 Å². The Labute approximate surface area is 117 Å². The first kappa shape index (κ1) is 14.5. The molecule has 1 aliphatic rings. The van der Waals surface area contributed by atoms with Crippen molar-refractivity contribution in [1.82, 2.24) is 14.7 Å². The zero-order chi connectivity index (χ0) is 13.8. The van der Waals surface area contributed by atoms with Crippen LogP contribution in [0.25, 0.3) is 0 Å². The molecule has 2 rings (SSSR count). The summed E-state index contributed by atoms with van der Waals surface area (Å²) in [5.74, 6) is 0.675. The molecule has 1 aromatic rings. The fraction of sp³-hybridized carbons (Fsp3) is 0.800. The van der Waals surface area contributed by atoms with Gasteiger partial charge in [0.1, 0.15) is 0 Å². The second-order valence-electron chi connectivity index (χ2n) is 6.12. The molecule has 108 valence electrons. The summed E-state index contributed by atoms with van der Waals surface area (Å²) in [5.41, 5.74) is 7.74. The molecular weight excluding hydrogens is 236 g/mol. The number of aromatic nitrogens is 2. The van der Waals surface area contributed by atoms with Gasteiger partial charge in [0.05, 0.1) is 12.2 Å². The van der Waals surface area contributed by atoms with Gasteiger partial charge >= 0.3 is 0 Å². The number of hydrogen-bond donors (Lipinski definition) is 1. The number of nitrogens with zero attached hydrogens (tertiary/aromatic N) is 3. The lowest BCUT2D eigenvalue weighted by Gasteiger charge is -2.34. The van der Waals surface area contributed by atoms with Crippen molar-refractivity contribution < 1.29 is 0 Å². The average molecular weight is 264 g/mol. The average Bonchev–Trinajstić information content (AvgIpc) is 2.75. The van der Waals surface area contributed by atoms with E-state index in [-0.39, 0.29) is 6.04 Å². The van der Waals surface area contributed by atoms with Crippen molar-refractivity contribution in [2.75, 3.05) is 13.1 Å². The van der Waals surface area contributed by atoms with Crippen molar-refractivity contribution in [2.24, 2.45) is 11.7 Å². The van der Waals surface area contributed by atoms with Crippen molar-refractivity contribution in [1.29, 1.82) is 0 Å². The topological polar surface area (TPSA) is 47.1 Å². The summed E-state index contributed by atoms with van der Waals surface area (Å²) in [4.78, 5) is 2.57. The highest BCUT2D eigenvalue weighted by atomic mass is 15.3. The summed E-state index contributed by atoms with van der Waals surface area (Å²) in [7, 11) is 0. The third kappa shape index (κ3) is 3.57. The molecule has 2 atom stereocenters. The quantitative estimate of drug-likeness (QED) is 0.908. The molecule has 0 bridgehead atoms. The lowest BCUT2D eigenvalue weighted by Crippen LogP contribution is -2.41. The standard InChI is InChI=1S/C15H28N4/c1-4-19-11-13(9-17-19)15-14(16)7-5-6-8-18(15)10-12(2)3/h9,11-12,14-15H,4-8,10,16H2,1-3H3. The van der Waals surface area contributed by atoms with Gasteiger partial charge in [0, 0.05) is 30.9 Å². The van der Waals surface area contributed by atoms with Gasteiger partial charge in [-0.05, 0) is 32.2 Å². The van der Waals surface area contributed by atoms with E-state index in [2.05, 4.69) is 37.0 Å². The van der Waals surface area contributed by atoms with E-state index >= 15 is 0 Å². The molecule has 1 saturated heterocycles. The Hall–Kier alpha value is -0.870. The van der Waals surface area contributed by atoms with Gasteiger partial charge in [-0.1, -0.05) is 20.3 Å². The molecule has 1 aliphatic heterocycles. The van der Waals surface area contributed by atoms with E-state index in [1.807, 2.05) is 10.9 Å². The third-order valence-electron chi connectivity index (χ3n) is 3.95. The molecule has 1 fully saturated rings. The number of likely N-dealkylation sites (tertiary alicyclic amines) is 1. The van der Waals surface area contributed by atoms with Crippen molar-refractivity contribution in [2.45, 2.75) is 58.7 Å². The van der Waals surface area contributed by atoms with Crippen LogP contribution in [0.2, 0.25) is 0 Å². The second-order valence-corrected chi connectivity index (χ2v) is 6.12. The van der Waals surface area contributed by atoms with Gasteiger partial charge in [-0.25, -0.2) is 0 Å². The van der Waals surface area contributed by atoms with Crippen LogP contribution in [0.3, 0.4) is 0 Å². The molecule has 19 heavy (non-hydrogen) atoms. The Morgan fingerprint density at radius 2 is 2.21 bits per heavy atom. The van der Waals surface area contributed by atoms with Crippen molar-refractivity contribution in [3.63, 3.8) is 0 Å². The minimum Gasteiger partial charge on any atom is -0.326 e. The normalized spacial score (nSPS) is 25.7. The largest absolute Gasteiger partial charge is 0.326 e. The summed E-state index contributed by atoms with van der Waals surface area (Å²) in [5, 5.41) is 4.42. The second kappa shape index (κ2) is 6.53. The van der Waals surface area contributed by atoms with Crippen LogP contribution in [0, 0.1) is 5.92 Å². The van der Waals surface area contributed by atoms with Crippen LogP contribution in [-0.4, -0.2) is 33.8 Å². The van der Waals surface area contributed by atoms with Crippen molar-refractivity contribution in [3.05, 3.63) is 18.0 Å². The van der Waals surface area contributed by atoms with E-state index in [4.69, 9.17) is 5.73 Å². The molecular formula is C15H28N4. The predicted octanol–water partition coefficient (Wildman–Crippen LogP) is 2.41. The summed E-state index contributed by atoms with van der Waals surface area (Å²) in [6.07, 6.45) is 7.80. The summed E-state index contributed by atoms with van der Waals surface area (Å²) < 4.78 is 2.00. The molecule has 4 nitrogen and oxygen atoms in total. The number of aryl methyl sites for hydroxylation is 1. The minimum atomic E-state index is 0.232. The summed E-state index contributed by atoms with van der Waals surface area (Å²) in [6, 6.07) is 0.570. The SMILES string of the molecule is CCn1cc(C2C(N)CCCCN2CC(C)C)cn1. The maximum Gasteiger partial charge on any atom is 0.0538 e. The Morgan fingerprint density at radius 3 is 2.84 bits per heavy atom. The van der Waals surface area contributed by atoms with E-state index in [9.17, 15) is 0 Å².